The first-order valence-electron chi connectivity index (χ1n) is 18.5. The molecule has 0 bridgehead atoms. The van der Waals surface area contributed by atoms with E-state index in [-0.39, 0.29) is 40.8 Å². The molecule has 274 valence electrons. The van der Waals surface area contributed by atoms with Gasteiger partial charge in [-0.15, -0.1) is 0 Å². The molecule has 52 heavy (non-hydrogen) atoms. The number of anilines is 1. The van der Waals surface area contributed by atoms with E-state index in [4.69, 9.17) is 14.5 Å². The third-order valence-electron chi connectivity index (χ3n) is 10.7. The molecule has 2 fully saturated rings. The fourth-order valence-electron chi connectivity index (χ4n) is 8.23. The molecular weight excluding hydrogens is 676 g/mol. The number of nitrogens with zero attached hydrogens (tertiary/aromatic N) is 6. The maximum atomic E-state index is 14.4. The Hall–Kier alpha value is -4.22. The molecule has 1 atom stereocenters. The molecule has 0 radical (unpaired) electrons. The summed E-state index contributed by atoms with van der Waals surface area (Å²) < 4.78 is 27.5. The molecule has 2 aromatic carbocycles. The van der Waals surface area contributed by atoms with Gasteiger partial charge in [0.05, 0.1) is 17.5 Å². The zero-order valence-corrected chi connectivity index (χ0v) is 31.4. The molecule has 11 heteroatoms. The number of fused-ring (bicyclic) bond motifs is 1. The van der Waals surface area contributed by atoms with E-state index >= 15 is 0 Å². The maximum Gasteiger partial charge on any atom is 0.257 e. The predicted molar refractivity (Wildman–Crippen MR) is 204 cm³/mol. The topological polar surface area (TPSA) is 83.9 Å². The van der Waals surface area contributed by atoms with Crippen molar-refractivity contribution < 1.29 is 18.7 Å². The number of carbonyl (C=O) groups is 1. The van der Waals surface area contributed by atoms with Gasteiger partial charge in [0.2, 0.25) is 0 Å². The number of amides is 1. The first-order valence-corrected chi connectivity index (χ1v) is 19.9. The van der Waals surface area contributed by atoms with Gasteiger partial charge in [-0.1, -0.05) is 30.3 Å². The molecule has 9 nitrogen and oxygen atoms in total. The standard InChI is InChI=1S/C41H49FN6O3S/c1-5-48(28(2)3)40(49)32-20-30(42)13-14-35(32)51-37-23-43-27-45-39(37)47-25-41(26-47)21-31(22-41)50-36-15-17-44-33-16-18-46(24-29-10-7-6-8-11-29)34(38(33)36)12-9-19-52-4/h6-8,10-11,13-15,17,20,23,27-28,31,34H,5,9,12,16,18-19,21-22,24-26H2,1-4H3. The van der Waals surface area contributed by atoms with Crippen LogP contribution in [0.5, 0.6) is 17.2 Å². The van der Waals surface area contributed by atoms with E-state index in [1.807, 2.05) is 38.7 Å². The summed E-state index contributed by atoms with van der Waals surface area (Å²) >= 11 is 1.90. The van der Waals surface area contributed by atoms with Crippen LogP contribution in [0.25, 0.3) is 0 Å². The number of halogens is 1. The molecule has 4 aromatic rings. The molecule has 0 N–H and O–H groups in total. The van der Waals surface area contributed by atoms with Crippen LogP contribution >= 0.6 is 11.8 Å². The Balaban J connectivity index is 1.02. The fourth-order valence-corrected chi connectivity index (χ4v) is 8.69. The summed E-state index contributed by atoms with van der Waals surface area (Å²) in [7, 11) is 0. The van der Waals surface area contributed by atoms with Gasteiger partial charge < -0.3 is 19.3 Å². The van der Waals surface area contributed by atoms with Gasteiger partial charge in [0, 0.05) is 68.4 Å². The van der Waals surface area contributed by atoms with Crippen LogP contribution in [0.2, 0.25) is 0 Å². The van der Waals surface area contributed by atoms with Crippen LogP contribution in [0.3, 0.4) is 0 Å². The minimum atomic E-state index is -0.491. The molecule has 1 spiro atoms. The normalized spacial score (nSPS) is 18.1. The van der Waals surface area contributed by atoms with Crippen LogP contribution in [-0.2, 0) is 13.0 Å². The lowest BCUT2D eigenvalue weighted by Gasteiger charge is -2.59. The minimum Gasteiger partial charge on any atom is -0.490 e. The molecule has 1 unspecified atom stereocenters. The highest BCUT2D eigenvalue weighted by Gasteiger charge is 2.54. The number of pyridine rings is 1. The Kier molecular flexibility index (Phi) is 11.0. The van der Waals surface area contributed by atoms with Crippen molar-refractivity contribution >= 4 is 23.5 Å². The monoisotopic (exact) mass is 724 g/mol. The fraction of sp³-hybridized carbons (Fsp3) is 0.463. The minimum absolute atomic E-state index is 0.0403. The number of aromatic nitrogens is 3. The first-order chi connectivity index (χ1) is 25.3. The summed E-state index contributed by atoms with van der Waals surface area (Å²) in [5, 5.41) is 0. The van der Waals surface area contributed by atoms with E-state index in [1.54, 1.807) is 11.1 Å². The van der Waals surface area contributed by atoms with Crippen LogP contribution < -0.4 is 14.4 Å². The summed E-state index contributed by atoms with van der Waals surface area (Å²) in [4.78, 5) is 33.6. The van der Waals surface area contributed by atoms with Crippen LogP contribution in [0.15, 0.2) is 73.3 Å². The number of rotatable bonds is 14. The molecule has 3 aliphatic rings. The lowest BCUT2D eigenvalue weighted by Crippen LogP contribution is -2.65. The van der Waals surface area contributed by atoms with Crippen molar-refractivity contribution in [2.24, 2.45) is 5.41 Å². The second kappa shape index (κ2) is 15.8. The maximum absolute atomic E-state index is 14.4. The van der Waals surface area contributed by atoms with Gasteiger partial charge in [-0.05, 0) is 88.3 Å². The Morgan fingerprint density at radius 2 is 1.88 bits per heavy atom. The van der Waals surface area contributed by atoms with Gasteiger partial charge in [0.15, 0.2) is 11.6 Å². The molecule has 1 saturated carbocycles. The Morgan fingerprint density at radius 1 is 1.08 bits per heavy atom. The van der Waals surface area contributed by atoms with Gasteiger partial charge in [0.25, 0.3) is 5.91 Å². The Bertz CT molecular complexity index is 1850. The van der Waals surface area contributed by atoms with E-state index in [0.717, 1.165) is 69.8 Å². The second-order valence-electron chi connectivity index (χ2n) is 14.7. The molecule has 7 rings (SSSR count). The van der Waals surface area contributed by atoms with E-state index in [2.05, 4.69) is 62.4 Å². The first kappa shape index (κ1) is 36.2. The number of hydrogen-bond acceptors (Lipinski definition) is 9. The highest BCUT2D eigenvalue weighted by Crippen LogP contribution is 2.52. The smallest absolute Gasteiger partial charge is 0.257 e. The van der Waals surface area contributed by atoms with Crippen molar-refractivity contribution in [3.8, 4) is 17.2 Å². The van der Waals surface area contributed by atoms with Gasteiger partial charge in [-0.25, -0.2) is 14.4 Å². The number of carbonyl (C=O) groups excluding carboxylic acids is 1. The van der Waals surface area contributed by atoms with Crippen molar-refractivity contribution in [3.05, 3.63) is 102 Å². The van der Waals surface area contributed by atoms with Crippen molar-refractivity contribution in [1.82, 2.24) is 24.8 Å². The van der Waals surface area contributed by atoms with Crippen molar-refractivity contribution in [2.75, 3.05) is 43.1 Å². The van der Waals surface area contributed by atoms with Crippen LogP contribution in [0.1, 0.15) is 79.7 Å². The van der Waals surface area contributed by atoms with Crippen molar-refractivity contribution in [2.45, 2.75) is 77.6 Å². The van der Waals surface area contributed by atoms with E-state index in [0.29, 0.717) is 18.1 Å². The third-order valence-corrected chi connectivity index (χ3v) is 11.4. The zero-order chi connectivity index (χ0) is 36.2. The van der Waals surface area contributed by atoms with Gasteiger partial charge in [-0.3, -0.25) is 14.7 Å². The van der Waals surface area contributed by atoms with Gasteiger partial charge in [-0.2, -0.15) is 11.8 Å². The molecule has 2 aliphatic heterocycles. The highest BCUT2D eigenvalue weighted by atomic mass is 32.2. The van der Waals surface area contributed by atoms with E-state index < -0.39 is 5.82 Å². The van der Waals surface area contributed by atoms with Crippen LogP contribution in [-0.4, -0.2) is 81.0 Å². The summed E-state index contributed by atoms with van der Waals surface area (Å²) in [5.41, 5.74) is 4.11. The predicted octanol–water partition coefficient (Wildman–Crippen LogP) is 7.96. The average Bonchev–Trinajstić information content (AvgIpc) is 3.11. The largest absolute Gasteiger partial charge is 0.490 e. The highest BCUT2D eigenvalue weighted by molar-refractivity contribution is 7.98. The molecule has 1 saturated heterocycles. The Morgan fingerprint density at radius 3 is 2.63 bits per heavy atom. The van der Waals surface area contributed by atoms with Gasteiger partial charge in [0.1, 0.15) is 29.7 Å². The van der Waals surface area contributed by atoms with Crippen LogP contribution in [0.4, 0.5) is 10.2 Å². The molecule has 1 amide bonds. The lowest BCUT2D eigenvalue weighted by molar-refractivity contribution is -0.0357. The molecule has 2 aromatic heterocycles. The quantitative estimate of drug-likeness (QED) is 0.120. The summed E-state index contributed by atoms with van der Waals surface area (Å²) in [6.45, 7) is 9.85. The van der Waals surface area contributed by atoms with Crippen molar-refractivity contribution in [1.29, 1.82) is 0 Å². The molecular formula is C41H49FN6O3S. The van der Waals surface area contributed by atoms with E-state index in [9.17, 15) is 9.18 Å². The lowest BCUT2D eigenvalue weighted by atomic mass is 9.61. The zero-order valence-electron chi connectivity index (χ0n) is 30.6. The number of thioether (sulfide) groups is 1. The van der Waals surface area contributed by atoms with Crippen LogP contribution in [0, 0.1) is 11.2 Å². The van der Waals surface area contributed by atoms with Crippen molar-refractivity contribution in [3.63, 3.8) is 0 Å². The SMILES string of the molecule is CCN(C(=O)c1cc(F)ccc1Oc1cncnc1N1CC2(CC(Oc3ccnc4c3C(CCCSC)N(Cc3ccccc3)CC4)C2)C1)C(C)C. The third kappa shape index (κ3) is 7.62. The molecule has 4 heterocycles. The van der Waals surface area contributed by atoms with E-state index in [1.165, 1.54) is 41.3 Å². The Labute approximate surface area is 310 Å². The average molecular weight is 725 g/mol. The number of benzene rings is 2. The summed E-state index contributed by atoms with van der Waals surface area (Å²) in [5.74, 6) is 2.74. The molecule has 1 aliphatic carbocycles. The second-order valence-corrected chi connectivity index (χ2v) is 15.7. The number of hydrogen-bond donors (Lipinski definition) is 0. The summed E-state index contributed by atoms with van der Waals surface area (Å²) in [6, 6.07) is 17.1. The van der Waals surface area contributed by atoms with Gasteiger partial charge >= 0.3 is 0 Å². The number of ether oxygens (including phenoxy) is 2. The summed E-state index contributed by atoms with van der Waals surface area (Å²) in [6.07, 6.45) is 12.4.